The van der Waals surface area contributed by atoms with E-state index in [0.29, 0.717) is 58.4 Å². The summed E-state index contributed by atoms with van der Waals surface area (Å²) in [7, 11) is 0. The van der Waals surface area contributed by atoms with Gasteiger partial charge >= 0.3 is 11.4 Å². The number of ketones is 2. The van der Waals surface area contributed by atoms with Crippen molar-refractivity contribution in [1.82, 2.24) is 48.3 Å². The van der Waals surface area contributed by atoms with Crippen molar-refractivity contribution in [1.29, 1.82) is 0 Å². The van der Waals surface area contributed by atoms with Gasteiger partial charge in [0.2, 0.25) is 0 Å². The molecule has 0 saturated carbocycles. The van der Waals surface area contributed by atoms with E-state index in [4.69, 9.17) is 9.84 Å². The van der Waals surface area contributed by atoms with Gasteiger partial charge in [-0.1, -0.05) is 50.4 Å². The maximum atomic E-state index is 14.2. The second-order valence-corrected chi connectivity index (χ2v) is 23.6. The van der Waals surface area contributed by atoms with Crippen molar-refractivity contribution in [2.24, 2.45) is 11.8 Å². The number of thiophene rings is 2. The van der Waals surface area contributed by atoms with Gasteiger partial charge in [0.15, 0.2) is 11.6 Å². The van der Waals surface area contributed by atoms with Crippen molar-refractivity contribution in [3.63, 3.8) is 0 Å². The first kappa shape index (κ1) is 61.0. The zero-order chi connectivity index (χ0) is 58.6. The van der Waals surface area contributed by atoms with Crippen LogP contribution in [0.2, 0.25) is 0 Å². The summed E-state index contributed by atoms with van der Waals surface area (Å²) in [5, 5.41) is 36.8. The number of halogens is 2. The zero-order valence-electron chi connectivity index (χ0n) is 47.1. The van der Waals surface area contributed by atoms with Gasteiger partial charge in [-0.3, -0.25) is 28.3 Å². The summed E-state index contributed by atoms with van der Waals surface area (Å²) >= 11 is 2.41. The lowest BCUT2D eigenvalue weighted by atomic mass is 9.91. The summed E-state index contributed by atoms with van der Waals surface area (Å²) in [6.07, 6.45) is 6.61. The molecule has 0 saturated heterocycles. The number of hydrogen-bond acceptors (Lipinski definition) is 15. The molecule has 0 aliphatic heterocycles. The molecule has 6 heterocycles. The molecule has 23 heteroatoms. The number of aromatic hydroxyl groups is 1. The van der Waals surface area contributed by atoms with Crippen molar-refractivity contribution in [3.05, 3.63) is 137 Å². The average molecular weight is 1130 g/mol. The van der Waals surface area contributed by atoms with Gasteiger partial charge in [-0.2, -0.15) is 20.4 Å². The van der Waals surface area contributed by atoms with E-state index in [-0.39, 0.29) is 80.1 Å². The Labute approximate surface area is 463 Å². The van der Waals surface area contributed by atoms with E-state index in [1.807, 2.05) is 41.5 Å². The minimum absolute atomic E-state index is 0.0486. The third kappa shape index (κ3) is 13.3. The number of carbonyl (C=O) groups is 2. The standard InChI is InChI=1S/C28H34FN5O4S.C25H28FN5O4S.C3H8O/c1-16(2)14-22(35)28(6,7)33-24(36)23-18(5)25(34-30-11-12-31-34)39-26(23)32(27(33)37)13-10-19-15-20(29)8-9-21(19)38-17(3)4;1-14(2)12-19(33)25(4,5)30-21(34)20-15(3)22(31-27-9-10-28-31)36-23(20)29(24(30)35)11-8-16-13-17(26)6-7-18(16)32;1-3(2)4/h8-9,11-12,15-17H,10,13-14H2,1-7H3;6-7,9-10,13-14,32H,8,11-12H2,1-5H3;3-4H,1-2H3. The molecule has 0 unspecified atom stereocenters. The first-order chi connectivity index (χ1) is 37.0. The fraction of sp³-hybridized carbons (Fsp3) is 0.464. The quantitative estimate of drug-likeness (QED) is 0.0821. The SMILES string of the molecule is CC(C)O.Cc1c(-n2nccn2)sc2c1c(=O)n(C(C)(C)C(=O)CC(C)C)c(=O)n2CCc1cc(F)ccc1O.Cc1c(-n2nccn2)sc2c1c(=O)n(C(C)(C)C(=O)CC(C)C)c(=O)n2CCc1cc(F)ccc1OC(C)C. The summed E-state index contributed by atoms with van der Waals surface area (Å²) in [5.41, 5.74) is -3.00. The number of benzene rings is 2. The predicted octanol–water partition coefficient (Wildman–Crippen LogP) is 8.57. The molecule has 8 rings (SSSR count). The number of phenolic OH excluding ortho intramolecular Hbond substituents is 1. The highest BCUT2D eigenvalue weighted by atomic mass is 32.1. The first-order valence-electron chi connectivity index (χ1n) is 26.0. The molecule has 0 aliphatic rings. The van der Waals surface area contributed by atoms with Crippen molar-refractivity contribution in [2.45, 2.75) is 159 Å². The molecule has 0 aliphatic carbocycles. The molecule has 6 aromatic heterocycles. The van der Waals surface area contributed by atoms with Crippen LogP contribution in [0.15, 0.2) is 80.4 Å². The van der Waals surface area contributed by atoms with E-state index in [2.05, 4.69) is 20.4 Å². The summed E-state index contributed by atoms with van der Waals surface area (Å²) in [5.74, 6) is -0.812. The van der Waals surface area contributed by atoms with E-state index >= 15 is 0 Å². The topological polar surface area (TPSA) is 233 Å². The Hall–Kier alpha value is -7.24. The Morgan fingerprint density at radius 2 is 0.987 bits per heavy atom. The Bertz CT molecular complexity index is 3730. The minimum Gasteiger partial charge on any atom is -0.508 e. The molecule has 0 spiro atoms. The van der Waals surface area contributed by atoms with Crippen LogP contribution in [-0.4, -0.2) is 82.2 Å². The zero-order valence-corrected chi connectivity index (χ0v) is 48.8. The van der Waals surface area contributed by atoms with E-state index in [9.17, 15) is 42.7 Å². The third-order valence-electron chi connectivity index (χ3n) is 12.9. The number of phenols is 1. The van der Waals surface area contributed by atoms with Gasteiger partial charge in [0.25, 0.3) is 11.1 Å². The summed E-state index contributed by atoms with van der Waals surface area (Å²) in [6.45, 7) is 24.9. The van der Waals surface area contributed by atoms with E-state index in [1.54, 1.807) is 61.5 Å². The van der Waals surface area contributed by atoms with Crippen LogP contribution in [0.25, 0.3) is 30.4 Å². The highest BCUT2D eigenvalue weighted by Gasteiger charge is 2.37. The Kier molecular flexibility index (Phi) is 19.2. The average Bonchev–Trinajstić information content (AvgIpc) is 4.36. The number of nitrogens with zero attached hydrogens (tertiary/aromatic N) is 10. The summed E-state index contributed by atoms with van der Waals surface area (Å²) < 4.78 is 38.9. The predicted molar refractivity (Wildman–Crippen MR) is 303 cm³/mol. The number of fused-ring (bicyclic) bond motifs is 2. The molecule has 8 aromatic rings. The molecule has 0 atom stereocenters. The van der Waals surface area contributed by atoms with Crippen molar-refractivity contribution in [2.75, 3.05) is 0 Å². The molecular weight excluding hydrogens is 1060 g/mol. The van der Waals surface area contributed by atoms with Gasteiger partial charge in [-0.15, -0.1) is 9.59 Å². The minimum atomic E-state index is -1.39. The Morgan fingerprint density at radius 1 is 0.620 bits per heavy atom. The number of aryl methyl sites for hydroxylation is 6. The van der Waals surface area contributed by atoms with Crippen LogP contribution in [0.1, 0.15) is 118 Å². The van der Waals surface area contributed by atoms with Gasteiger partial charge in [0.05, 0.1) is 41.7 Å². The molecule has 0 fully saturated rings. The molecule has 424 valence electrons. The fourth-order valence-corrected chi connectivity index (χ4v) is 11.4. The highest BCUT2D eigenvalue weighted by molar-refractivity contribution is 7.21. The highest BCUT2D eigenvalue weighted by Crippen LogP contribution is 2.34. The van der Waals surface area contributed by atoms with E-state index in [0.717, 1.165) is 15.2 Å². The summed E-state index contributed by atoms with van der Waals surface area (Å²) in [4.78, 5) is 85.6. The van der Waals surface area contributed by atoms with E-state index < -0.39 is 45.2 Å². The maximum Gasteiger partial charge on any atom is 0.332 e. The van der Waals surface area contributed by atoms with Gasteiger partial charge in [0, 0.05) is 43.2 Å². The monoisotopic (exact) mass is 1130 g/mol. The van der Waals surface area contributed by atoms with Crippen LogP contribution < -0.4 is 27.2 Å². The number of carbonyl (C=O) groups excluding carboxylic acids is 2. The van der Waals surface area contributed by atoms with Crippen LogP contribution in [0.4, 0.5) is 8.78 Å². The number of rotatable bonds is 18. The molecule has 0 bridgehead atoms. The van der Waals surface area contributed by atoms with Gasteiger partial charge in [-0.05, 0) is 141 Å². The third-order valence-corrected chi connectivity index (χ3v) is 15.4. The van der Waals surface area contributed by atoms with E-state index in [1.165, 1.54) is 90.5 Å². The van der Waals surface area contributed by atoms with Gasteiger partial charge < -0.3 is 14.9 Å². The molecule has 2 aromatic carbocycles. The second kappa shape index (κ2) is 24.8. The molecule has 79 heavy (non-hydrogen) atoms. The number of ether oxygens (including phenoxy) is 1. The molecular formula is C56H70F2N10O9S2. The Morgan fingerprint density at radius 3 is 1.37 bits per heavy atom. The van der Waals surface area contributed by atoms with Gasteiger partial charge in [-0.25, -0.2) is 27.5 Å². The second-order valence-electron chi connectivity index (χ2n) is 21.7. The lowest BCUT2D eigenvalue weighted by Gasteiger charge is -2.27. The first-order valence-corrected chi connectivity index (χ1v) is 27.6. The normalized spacial score (nSPS) is 12.0. The number of aliphatic hydroxyl groups excluding tert-OH is 1. The molecule has 2 N–H and O–H groups in total. The Balaban J connectivity index is 0.000000240. The van der Waals surface area contributed by atoms with Crippen LogP contribution in [-0.2, 0) is 46.6 Å². The number of aromatic nitrogens is 10. The van der Waals surface area contributed by atoms with Crippen LogP contribution in [0.3, 0.4) is 0 Å². The van der Waals surface area contributed by atoms with Crippen molar-refractivity contribution >= 4 is 54.7 Å². The fourth-order valence-electron chi connectivity index (χ4n) is 8.89. The maximum absolute atomic E-state index is 14.2. The lowest BCUT2D eigenvalue weighted by molar-refractivity contribution is -0.127. The number of hydrogen-bond donors (Lipinski definition) is 2. The number of aliphatic hydroxyl groups is 1. The molecule has 19 nitrogen and oxygen atoms in total. The smallest absolute Gasteiger partial charge is 0.332 e. The van der Waals surface area contributed by atoms with Crippen LogP contribution >= 0.6 is 22.7 Å². The number of Topliss-reactive ketones (excluding diaryl/α,β-unsaturated/α-hetero) is 2. The van der Waals surface area contributed by atoms with Crippen LogP contribution in [0, 0.1) is 37.3 Å². The van der Waals surface area contributed by atoms with Crippen LogP contribution in [0.5, 0.6) is 11.5 Å². The molecule has 0 amide bonds. The van der Waals surface area contributed by atoms with Crippen molar-refractivity contribution < 1.29 is 33.3 Å². The molecule has 0 radical (unpaired) electrons. The van der Waals surface area contributed by atoms with Crippen molar-refractivity contribution in [3.8, 4) is 21.5 Å². The largest absolute Gasteiger partial charge is 0.508 e. The lowest BCUT2D eigenvalue weighted by Crippen LogP contribution is -2.52. The summed E-state index contributed by atoms with van der Waals surface area (Å²) in [6, 6.07) is 7.93. The van der Waals surface area contributed by atoms with Gasteiger partial charge in [0.1, 0.15) is 53.9 Å².